The van der Waals surface area contributed by atoms with Gasteiger partial charge in [-0.2, -0.15) is 13.2 Å². The number of carbonyl (C=O) groups is 2. The number of anilines is 1. The molecule has 32 heavy (non-hydrogen) atoms. The van der Waals surface area contributed by atoms with E-state index in [4.69, 9.17) is 19.4 Å². The van der Waals surface area contributed by atoms with Crippen molar-refractivity contribution in [2.24, 2.45) is 5.92 Å². The Morgan fingerprint density at radius 2 is 2.00 bits per heavy atom. The van der Waals surface area contributed by atoms with Crippen LogP contribution in [0.25, 0.3) is 0 Å². The van der Waals surface area contributed by atoms with Crippen molar-refractivity contribution in [1.82, 2.24) is 4.98 Å². The van der Waals surface area contributed by atoms with Gasteiger partial charge in [0.2, 0.25) is 0 Å². The van der Waals surface area contributed by atoms with Gasteiger partial charge in [0.05, 0.1) is 36.9 Å². The third kappa shape index (κ3) is 4.61. The summed E-state index contributed by atoms with van der Waals surface area (Å²) in [6.45, 7) is 4.99. The summed E-state index contributed by atoms with van der Waals surface area (Å²) in [5.74, 6) is -1.52. The summed E-state index contributed by atoms with van der Waals surface area (Å²) in [6, 6.07) is 7.40. The number of hydrogen-bond acceptors (Lipinski definition) is 7. The molecule has 2 aliphatic heterocycles. The first kappa shape index (κ1) is 24.9. The lowest BCUT2D eigenvalue weighted by atomic mass is 9.76. The number of methoxy groups -OCH3 is 1. The van der Waals surface area contributed by atoms with Gasteiger partial charge >= 0.3 is 18.1 Å². The number of ether oxygens (including phenoxy) is 2. The fourth-order valence-electron chi connectivity index (χ4n) is 3.71. The smallest absolute Gasteiger partial charge is 0.430 e. The minimum atomic E-state index is -5.19. The molecule has 0 saturated carbocycles. The van der Waals surface area contributed by atoms with Crippen LogP contribution in [0.1, 0.15) is 43.2 Å². The maximum Gasteiger partial charge on any atom is 0.430 e. The van der Waals surface area contributed by atoms with Gasteiger partial charge in [0.25, 0.3) is 0 Å². The Morgan fingerprint density at radius 1 is 1.34 bits per heavy atom. The normalized spacial score (nSPS) is 19.7. The number of fused-ring (bicyclic) bond motifs is 4. The van der Waals surface area contributed by atoms with E-state index in [2.05, 4.69) is 28.7 Å². The molecule has 0 fully saturated rings. The van der Waals surface area contributed by atoms with Crippen LogP contribution < -0.4 is 19.7 Å². The summed E-state index contributed by atoms with van der Waals surface area (Å²) in [5.41, 5.74) is 1.33. The summed E-state index contributed by atoms with van der Waals surface area (Å²) >= 11 is 0. The molecular formula is C21H24F3N3O5. The number of carboxylic acid groups (broad SMARTS) is 1. The van der Waals surface area contributed by atoms with Crippen LogP contribution in [-0.2, 0) is 15.1 Å². The molecule has 2 aliphatic rings. The van der Waals surface area contributed by atoms with Crippen molar-refractivity contribution in [2.75, 3.05) is 19.0 Å². The summed E-state index contributed by atoms with van der Waals surface area (Å²) in [5, 5.41) is 12.3. The lowest BCUT2D eigenvalue weighted by Crippen LogP contribution is -2.65. The molecule has 8 nitrogen and oxygen atoms in total. The van der Waals surface area contributed by atoms with Gasteiger partial charge in [-0.1, -0.05) is 12.4 Å². The lowest BCUT2D eigenvalue weighted by Gasteiger charge is -2.44. The molecule has 1 aromatic carbocycles. The van der Waals surface area contributed by atoms with E-state index in [9.17, 15) is 18.0 Å². The first-order valence-electron chi connectivity index (χ1n) is 9.23. The van der Waals surface area contributed by atoms with E-state index >= 15 is 0 Å². The fourth-order valence-corrected chi connectivity index (χ4v) is 3.71. The van der Waals surface area contributed by atoms with Crippen molar-refractivity contribution in [2.45, 2.75) is 39.0 Å². The summed E-state index contributed by atoms with van der Waals surface area (Å²) < 4.78 is 44.5. The van der Waals surface area contributed by atoms with Crippen LogP contribution in [-0.4, -0.2) is 36.8 Å². The zero-order chi connectivity index (χ0) is 23.0. The SMILES string of the molecule is C.COC(=O)c1ccc2c(c1)[C@@H]1Nc3nccc[n+]3C(C)(C)[C@H]1CO2.O=C([O-])C(F)(F)F. The number of nitrogens with one attached hydrogen (secondary N) is 1. The van der Waals surface area contributed by atoms with Gasteiger partial charge < -0.3 is 19.4 Å². The van der Waals surface area contributed by atoms with Crippen molar-refractivity contribution >= 4 is 17.9 Å². The van der Waals surface area contributed by atoms with Crippen LogP contribution in [0.3, 0.4) is 0 Å². The Labute approximate surface area is 183 Å². The number of rotatable bonds is 1. The van der Waals surface area contributed by atoms with Crippen LogP contribution in [0.4, 0.5) is 19.1 Å². The van der Waals surface area contributed by atoms with Gasteiger partial charge in [-0.3, -0.25) is 5.32 Å². The Balaban J connectivity index is 0.000000398. The van der Waals surface area contributed by atoms with E-state index in [1.165, 1.54) is 7.11 Å². The van der Waals surface area contributed by atoms with Crippen molar-refractivity contribution in [3.05, 3.63) is 47.8 Å². The highest BCUT2D eigenvalue weighted by molar-refractivity contribution is 5.89. The van der Waals surface area contributed by atoms with Crippen molar-refractivity contribution in [3.63, 3.8) is 0 Å². The van der Waals surface area contributed by atoms with Crippen LogP contribution in [0, 0.1) is 5.92 Å². The second kappa shape index (κ2) is 9.01. The van der Waals surface area contributed by atoms with E-state index < -0.39 is 12.1 Å². The predicted octanol–water partition coefficient (Wildman–Crippen LogP) is 2.00. The number of nitrogens with zero attached hydrogens (tertiary/aromatic N) is 2. The van der Waals surface area contributed by atoms with Crippen molar-refractivity contribution in [3.8, 4) is 5.75 Å². The molecule has 2 aromatic rings. The molecule has 0 aliphatic carbocycles. The highest BCUT2D eigenvalue weighted by atomic mass is 19.4. The quantitative estimate of drug-likeness (QED) is 0.518. The minimum absolute atomic E-state index is 0. The lowest BCUT2D eigenvalue weighted by molar-refractivity contribution is -0.761. The summed E-state index contributed by atoms with van der Waals surface area (Å²) in [7, 11) is 1.39. The zero-order valence-corrected chi connectivity index (χ0v) is 16.9. The van der Waals surface area contributed by atoms with E-state index in [0.29, 0.717) is 12.2 Å². The average Bonchev–Trinajstić information content (AvgIpc) is 2.72. The second-order valence-electron chi connectivity index (χ2n) is 7.54. The van der Waals surface area contributed by atoms with Crippen LogP contribution in [0.15, 0.2) is 36.7 Å². The molecule has 1 aromatic heterocycles. The van der Waals surface area contributed by atoms with Crippen molar-refractivity contribution < 1.29 is 41.9 Å². The molecule has 2 atom stereocenters. The third-order valence-corrected chi connectivity index (χ3v) is 5.38. The number of aromatic nitrogens is 2. The van der Waals surface area contributed by atoms with Crippen LogP contribution in [0.2, 0.25) is 0 Å². The number of carboxylic acids is 1. The first-order chi connectivity index (χ1) is 14.5. The number of carbonyl (C=O) groups excluding carboxylic acids is 2. The van der Waals surface area contributed by atoms with Crippen LogP contribution >= 0.6 is 0 Å². The number of benzene rings is 1. The molecule has 0 unspecified atom stereocenters. The minimum Gasteiger partial charge on any atom is -0.542 e. The molecule has 11 heteroatoms. The maximum atomic E-state index is 11.9. The predicted molar refractivity (Wildman–Crippen MR) is 105 cm³/mol. The molecule has 174 valence electrons. The Hall–Kier alpha value is -3.37. The van der Waals surface area contributed by atoms with Gasteiger partial charge in [0.1, 0.15) is 24.0 Å². The average molecular weight is 455 g/mol. The number of halogens is 3. The fraction of sp³-hybridized carbons (Fsp3) is 0.429. The standard InChI is InChI=1S/C18H19N3O3.C2HF3O2.CH4/c1-18(2)13-10-24-14-6-5-11(16(22)23-3)9-12(14)15(13)20-17-19-7-4-8-21(17)18;3-2(4,5)1(6)7;/h4-9,13,15H,10H2,1-3H3;(H,6,7);1H4/t13-,15-;;/m0../s1. The topological polar surface area (TPSA) is 104 Å². The molecule has 3 heterocycles. The summed E-state index contributed by atoms with van der Waals surface area (Å²) in [6.07, 6.45) is -1.38. The Kier molecular flexibility index (Phi) is 7.01. The molecular weight excluding hydrogens is 431 g/mol. The second-order valence-corrected chi connectivity index (χ2v) is 7.54. The molecule has 0 radical (unpaired) electrons. The zero-order valence-electron chi connectivity index (χ0n) is 16.9. The Morgan fingerprint density at radius 3 is 2.59 bits per heavy atom. The monoisotopic (exact) mass is 455 g/mol. The summed E-state index contributed by atoms with van der Waals surface area (Å²) in [4.78, 5) is 25.1. The van der Waals surface area contributed by atoms with Gasteiger partial charge in [0.15, 0.2) is 0 Å². The number of esters is 1. The van der Waals surface area contributed by atoms with Gasteiger partial charge in [0, 0.05) is 11.6 Å². The highest BCUT2D eigenvalue weighted by Gasteiger charge is 2.51. The number of hydrogen-bond donors (Lipinski definition) is 1. The van der Waals surface area contributed by atoms with E-state index in [-0.39, 0.29) is 30.9 Å². The molecule has 0 bridgehead atoms. The molecule has 4 rings (SSSR count). The molecule has 0 saturated heterocycles. The maximum absolute atomic E-state index is 11.9. The van der Waals surface area contributed by atoms with Gasteiger partial charge in [-0.05, 0) is 32.0 Å². The van der Waals surface area contributed by atoms with Crippen molar-refractivity contribution in [1.29, 1.82) is 0 Å². The largest absolute Gasteiger partial charge is 0.542 e. The van der Waals surface area contributed by atoms with E-state index in [1.54, 1.807) is 12.3 Å². The van der Waals surface area contributed by atoms with E-state index in [1.807, 2.05) is 24.4 Å². The van der Waals surface area contributed by atoms with E-state index in [0.717, 1.165) is 17.3 Å². The molecule has 1 N–H and O–H groups in total. The number of alkyl halides is 3. The third-order valence-electron chi connectivity index (χ3n) is 5.38. The first-order valence-corrected chi connectivity index (χ1v) is 9.23. The van der Waals surface area contributed by atoms with Crippen LogP contribution in [0.5, 0.6) is 5.75 Å². The highest BCUT2D eigenvalue weighted by Crippen LogP contribution is 2.45. The van der Waals surface area contributed by atoms with Gasteiger partial charge in [-0.15, -0.1) is 0 Å². The van der Waals surface area contributed by atoms with Gasteiger partial charge in [-0.25, -0.2) is 9.36 Å². The number of aliphatic carboxylic acids is 1. The molecule has 0 amide bonds. The molecule has 0 spiro atoms. The Bertz CT molecular complexity index is 1010.